The van der Waals surface area contributed by atoms with Crippen molar-refractivity contribution >= 4 is 11.4 Å². The Kier molecular flexibility index (Phi) is 5.48. The summed E-state index contributed by atoms with van der Waals surface area (Å²) < 4.78 is 5.34. The molecule has 0 unspecified atom stereocenters. The number of hydrogen-bond donors (Lipinski definition) is 2. The average Bonchev–Trinajstić information content (AvgIpc) is 2.44. The largest absolute Gasteiger partial charge is 0.399 e. The highest BCUT2D eigenvalue weighted by molar-refractivity contribution is 5.57. The molecule has 4 heteroatoms. The molecule has 106 valence electrons. The van der Waals surface area contributed by atoms with Crippen LogP contribution in [-0.4, -0.2) is 44.3 Å². The molecule has 1 aliphatic rings. The Labute approximate surface area is 115 Å². The molecule has 1 fully saturated rings. The maximum Gasteiger partial charge on any atom is 0.0594 e. The highest BCUT2D eigenvalue weighted by Gasteiger charge is 2.09. The van der Waals surface area contributed by atoms with Gasteiger partial charge in [0.15, 0.2) is 0 Å². The number of nitrogens with one attached hydrogen (secondary N) is 1. The first-order valence-corrected chi connectivity index (χ1v) is 7.22. The molecule has 1 saturated heterocycles. The first-order chi connectivity index (χ1) is 9.29. The summed E-state index contributed by atoms with van der Waals surface area (Å²) in [6.45, 7) is 8.03. The van der Waals surface area contributed by atoms with Crippen molar-refractivity contribution in [3.8, 4) is 0 Å². The van der Waals surface area contributed by atoms with Crippen molar-refractivity contribution in [1.29, 1.82) is 0 Å². The van der Waals surface area contributed by atoms with Crippen LogP contribution in [0.5, 0.6) is 0 Å². The molecule has 0 bridgehead atoms. The molecule has 2 rings (SSSR count). The number of hydrogen-bond acceptors (Lipinski definition) is 4. The molecular weight excluding hydrogens is 238 g/mol. The highest BCUT2D eigenvalue weighted by atomic mass is 16.5. The molecule has 0 amide bonds. The van der Waals surface area contributed by atoms with E-state index in [1.165, 1.54) is 11.3 Å². The smallest absolute Gasteiger partial charge is 0.0594 e. The second-order valence-corrected chi connectivity index (χ2v) is 5.04. The molecular formula is C15H25N3O. The van der Waals surface area contributed by atoms with Crippen molar-refractivity contribution in [2.75, 3.05) is 50.4 Å². The lowest BCUT2D eigenvalue weighted by Gasteiger charge is -2.26. The first-order valence-electron chi connectivity index (χ1n) is 7.22. The third-order valence-electron chi connectivity index (χ3n) is 3.52. The monoisotopic (exact) mass is 263 g/mol. The zero-order chi connectivity index (χ0) is 13.5. The third kappa shape index (κ3) is 4.40. The maximum absolute atomic E-state index is 5.97. The van der Waals surface area contributed by atoms with Gasteiger partial charge in [-0.15, -0.1) is 0 Å². The fourth-order valence-electron chi connectivity index (χ4n) is 2.38. The number of nitrogens with zero attached hydrogens (tertiary/aromatic N) is 1. The lowest BCUT2D eigenvalue weighted by molar-refractivity contribution is 0.0398. The van der Waals surface area contributed by atoms with Crippen LogP contribution in [0.15, 0.2) is 18.2 Å². The van der Waals surface area contributed by atoms with E-state index in [1.807, 2.05) is 6.07 Å². The topological polar surface area (TPSA) is 50.5 Å². The number of anilines is 2. The van der Waals surface area contributed by atoms with E-state index < -0.39 is 0 Å². The van der Waals surface area contributed by atoms with E-state index in [0.29, 0.717) is 0 Å². The minimum Gasteiger partial charge on any atom is -0.399 e. The Morgan fingerprint density at radius 3 is 2.84 bits per heavy atom. The van der Waals surface area contributed by atoms with E-state index in [-0.39, 0.29) is 0 Å². The van der Waals surface area contributed by atoms with Crippen molar-refractivity contribution < 1.29 is 4.74 Å². The Morgan fingerprint density at radius 1 is 1.32 bits per heavy atom. The summed E-state index contributed by atoms with van der Waals surface area (Å²) in [5.74, 6) is 0. The quantitative estimate of drug-likeness (QED) is 0.770. The molecule has 1 aromatic rings. The molecule has 0 saturated carbocycles. The normalized spacial score (nSPS) is 16.5. The van der Waals surface area contributed by atoms with Crippen molar-refractivity contribution in [2.24, 2.45) is 0 Å². The van der Waals surface area contributed by atoms with Crippen LogP contribution >= 0.6 is 0 Å². The van der Waals surface area contributed by atoms with Crippen LogP contribution in [0.3, 0.4) is 0 Å². The molecule has 19 heavy (non-hydrogen) atoms. The molecule has 0 atom stereocenters. The molecule has 3 N–H and O–H groups in total. The lowest BCUT2D eigenvalue weighted by Crippen LogP contribution is -2.39. The van der Waals surface area contributed by atoms with Gasteiger partial charge in [0.1, 0.15) is 0 Å². The van der Waals surface area contributed by atoms with Gasteiger partial charge in [0.2, 0.25) is 0 Å². The van der Waals surface area contributed by atoms with Crippen molar-refractivity contribution in [3.63, 3.8) is 0 Å². The van der Waals surface area contributed by atoms with Gasteiger partial charge in [0.25, 0.3) is 0 Å². The van der Waals surface area contributed by atoms with Crippen LogP contribution in [0.25, 0.3) is 0 Å². The molecule has 1 aromatic carbocycles. The lowest BCUT2D eigenvalue weighted by atomic mass is 10.1. The summed E-state index contributed by atoms with van der Waals surface area (Å²) in [4.78, 5) is 2.43. The standard InChI is InChI=1S/C15H25N3O/c1-2-3-13-12-14(4-5-15(13)16)17-6-7-18-8-10-19-11-9-18/h4-5,12,17H,2-3,6-11,16H2,1H3. The summed E-state index contributed by atoms with van der Waals surface area (Å²) in [5.41, 5.74) is 9.30. The van der Waals surface area contributed by atoms with E-state index in [2.05, 4.69) is 29.3 Å². The Morgan fingerprint density at radius 2 is 2.11 bits per heavy atom. The zero-order valence-electron chi connectivity index (χ0n) is 11.8. The summed E-state index contributed by atoms with van der Waals surface area (Å²) in [6.07, 6.45) is 2.17. The van der Waals surface area contributed by atoms with Gasteiger partial charge in [-0.05, 0) is 30.2 Å². The van der Waals surface area contributed by atoms with Crippen LogP contribution in [0.2, 0.25) is 0 Å². The van der Waals surface area contributed by atoms with Gasteiger partial charge >= 0.3 is 0 Å². The van der Waals surface area contributed by atoms with Crippen molar-refractivity contribution in [1.82, 2.24) is 4.90 Å². The van der Waals surface area contributed by atoms with Gasteiger partial charge in [-0.25, -0.2) is 0 Å². The number of nitrogens with two attached hydrogens (primary N) is 1. The Balaban J connectivity index is 1.80. The summed E-state index contributed by atoms with van der Waals surface area (Å²) in [5, 5.41) is 3.48. The fourth-order valence-corrected chi connectivity index (χ4v) is 2.38. The van der Waals surface area contributed by atoms with Gasteiger partial charge in [0.05, 0.1) is 13.2 Å². The summed E-state index contributed by atoms with van der Waals surface area (Å²) >= 11 is 0. The molecule has 0 spiro atoms. The molecule has 4 nitrogen and oxygen atoms in total. The highest BCUT2D eigenvalue weighted by Crippen LogP contribution is 2.19. The minimum absolute atomic E-state index is 0.864. The Bertz CT molecular complexity index is 389. The second kappa shape index (κ2) is 7.36. The number of nitrogen functional groups attached to an aromatic ring is 1. The van der Waals surface area contributed by atoms with Crippen LogP contribution in [0.4, 0.5) is 11.4 Å². The number of morpholine rings is 1. The van der Waals surface area contributed by atoms with Crippen LogP contribution in [0.1, 0.15) is 18.9 Å². The number of benzene rings is 1. The van der Waals surface area contributed by atoms with E-state index in [9.17, 15) is 0 Å². The van der Waals surface area contributed by atoms with Gasteiger partial charge in [-0.2, -0.15) is 0 Å². The fraction of sp³-hybridized carbons (Fsp3) is 0.600. The van der Waals surface area contributed by atoms with Gasteiger partial charge < -0.3 is 15.8 Å². The van der Waals surface area contributed by atoms with Crippen molar-refractivity contribution in [2.45, 2.75) is 19.8 Å². The summed E-state index contributed by atoms with van der Waals surface area (Å²) in [7, 11) is 0. The molecule has 1 heterocycles. The van der Waals surface area contributed by atoms with Crippen LogP contribution in [0, 0.1) is 0 Å². The third-order valence-corrected chi connectivity index (χ3v) is 3.52. The van der Waals surface area contributed by atoms with E-state index in [1.54, 1.807) is 0 Å². The molecule has 0 aliphatic carbocycles. The minimum atomic E-state index is 0.864. The maximum atomic E-state index is 5.97. The second-order valence-electron chi connectivity index (χ2n) is 5.04. The van der Waals surface area contributed by atoms with Gasteiger partial charge in [-0.3, -0.25) is 4.90 Å². The van der Waals surface area contributed by atoms with Crippen LogP contribution in [-0.2, 0) is 11.2 Å². The van der Waals surface area contributed by atoms with E-state index in [4.69, 9.17) is 10.5 Å². The van der Waals surface area contributed by atoms with E-state index in [0.717, 1.165) is 57.9 Å². The average molecular weight is 263 g/mol. The number of aryl methyl sites for hydroxylation is 1. The van der Waals surface area contributed by atoms with Crippen molar-refractivity contribution in [3.05, 3.63) is 23.8 Å². The molecule has 0 radical (unpaired) electrons. The van der Waals surface area contributed by atoms with Gasteiger partial charge in [0, 0.05) is 37.6 Å². The predicted molar refractivity (Wildman–Crippen MR) is 80.6 cm³/mol. The Hall–Kier alpha value is -1.26. The molecule has 0 aromatic heterocycles. The molecule has 1 aliphatic heterocycles. The summed E-state index contributed by atoms with van der Waals surface area (Å²) in [6, 6.07) is 6.24. The van der Waals surface area contributed by atoms with Gasteiger partial charge in [-0.1, -0.05) is 13.3 Å². The first kappa shape index (κ1) is 14.2. The zero-order valence-corrected chi connectivity index (χ0v) is 11.8. The van der Waals surface area contributed by atoms with E-state index >= 15 is 0 Å². The SMILES string of the molecule is CCCc1cc(NCCN2CCOCC2)ccc1N. The van der Waals surface area contributed by atoms with Crippen LogP contribution < -0.4 is 11.1 Å². The number of rotatable bonds is 6. The predicted octanol–water partition coefficient (Wildman–Crippen LogP) is 1.97. The number of ether oxygens (including phenoxy) is 1.